The number of carbonyl (C=O) groups is 1. The molecule has 3 aromatic carbocycles. The standard InChI is InChI=1S/C21H18Cl2N2O3/c1-3-28-20-17(22)8-13(9-18(20)23)12-24-25-21(26)16-10-14-6-4-5-7-15(14)11-19(16)27-2/h4-12H,3H2,1-2H3,(H,25,26). The molecule has 0 saturated heterocycles. The molecule has 7 heteroatoms. The second kappa shape index (κ2) is 8.95. The zero-order chi connectivity index (χ0) is 20.1. The molecule has 0 bridgehead atoms. The Kier molecular flexibility index (Phi) is 6.39. The molecule has 3 aromatic rings. The SMILES string of the molecule is CCOc1c(Cl)cc(C=NNC(=O)c2cc3ccccc3cc2OC)cc1Cl. The van der Waals surface area contributed by atoms with E-state index >= 15 is 0 Å². The molecular weight excluding hydrogens is 399 g/mol. The first-order chi connectivity index (χ1) is 13.5. The van der Waals surface area contributed by atoms with Crippen molar-refractivity contribution in [2.75, 3.05) is 13.7 Å². The minimum atomic E-state index is -0.387. The van der Waals surface area contributed by atoms with Crippen molar-refractivity contribution in [3.8, 4) is 11.5 Å². The summed E-state index contributed by atoms with van der Waals surface area (Å²) in [5.41, 5.74) is 3.52. The van der Waals surface area contributed by atoms with Gasteiger partial charge >= 0.3 is 0 Å². The molecule has 0 aliphatic heterocycles. The largest absolute Gasteiger partial charge is 0.496 e. The number of hydrogen-bond acceptors (Lipinski definition) is 4. The van der Waals surface area contributed by atoms with Gasteiger partial charge in [0.1, 0.15) is 5.75 Å². The Labute approximate surface area is 172 Å². The predicted octanol–water partition coefficient (Wildman–Crippen LogP) is 5.32. The minimum Gasteiger partial charge on any atom is -0.496 e. The Balaban J connectivity index is 1.79. The van der Waals surface area contributed by atoms with Crippen molar-refractivity contribution in [2.45, 2.75) is 6.92 Å². The van der Waals surface area contributed by atoms with E-state index in [1.165, 1.54) is 13.3 Å². The number of fused-ring (bicyclic) bond motifs is 1. The van der Waals surface area contributed by atoms with E-state index in [-0.39, 0.29) is 5.91 Å². The fourth-order valence-corrected chi connectivity index (χ4v) is 3.34. The van der Waals surface area contributed by atoms with Crippen LogP contribution in [0.3, 0.4) is 0 Å². The van der Waals surface area contributed by atoms with Crippen LogP contribution in [0.5, 0.6) is 11.5 Å². The van der Waals surface area contributed by atoms with Crippen molar-refractivity contribution in [3.63, 3.8) is 0 Å². The maximum absolute atomic E-state index is 12.6. The first-order valence-corrected chi connectivity index (χ1v) is 9.31. The summed E-state index contributed by atoms with van der Waals surface area (Å²) in [6.45, 7) is 2.30. The van der Waals surface area contributed by atoms with Crippen LogP contribution in [0.2, 0.25) is 10.0 Å². The van der Waals surface area contributed by atoms with Crippen LogP contribution in [-0.4, -0.2) is 25.8 Å². The molecule has 0 spiro atoms. The summed E-state index contributed by atoms with van der Waals surface area (Å²) in [7, 11) is 1.52. The molecule has 28 heavy (non-hydrogen) atoms. The summed E-state index contributed by atoms with van der Waals surface area (Å²) in [4.78, 5) is 12.6. The summed E-state index contributed by atoms with van der Waals surface area (Å²) < 4.78 is 10.7. The third-order valence-corrected chi connectivity index (χ3v) is 4.56. The quantitative estimate of drug-likeness (QED) is 0.436. The van der Waals surface area contributed by atoms with Crippen LogP contribution in [0.15, 0.2) is 53.6 Å². The maximum atomic E-state index is 12.6. The van der Waals surface area contributed by atoms with Crippen molar-refractivity contribution < 1.29 is 14.3 Å². The molecule has 0 atom stereocenters. The molecular formula is C21H18Cl2N2O3. The lowest BCUT2D eigenvalue weighted by Crippen LogP contribution is -2.18. The van der Waals surface area contributed by atoms with Gasteiger partial charge in [0.15, 0.2) is 5.75 Å². The van der Waals surface area contributed by atoms with Gasteiger partial charge in [-0.25, -0.2) is 5.43 Å². The molecule has 144 valence electrons. The fourth-order valence-electron chi connectivity index (χ4n) is 2.73. The zero-order valence-electron chi connectivity index (χ0n) is 15.3. The molecule has 0 aliphatic rings. The van der Waals surface area contributed by atoms with Gasteiger partial charge in [-0.2, -0.15) is 5.10 Å². The summed E-state index contributed by atoms with van der Waals surface area (Å²) in [5, 5.41) is 6.66. The van der Waals surface area contributed by atoms with Gasteiger partial charge in [0.05, 0.1) is 35.5 Å². The first kappa shape index (κ1) is 20.0. The van der Waals surface area contributed by atoms with Gasteiger partial charge in [-0.05, 0) is 47.5 Å². The topological polar surface area (TPSA) is 59.9 Å². The van der Waals surface area contributed by atoms with Crippen LogP contribution in [0.1, 0.15) is 22.8 Å². The highest BCUT2D eigenvalue weighted by molar-refractivity contribution is 6.37. The second-order valence-electron chi connectivity index (χ2n) is 5.85. The number of nitrogens with one attached hydrogen (secondary N) is 1. The third-order valence-electron chi connectivity index (χ3n) is 4.00. The van der Waals surface area contributed by atoms with Crippen LogP contribution in [0, 0.1) is 0 Å². The van der Waals surface area contributed by atoms with E-state index in [2.05, 4.69) is 10.5 Å². The Hall–Kier alpha value is -2.76. The van der Waals surface area contributed by atoms with Crippen LogP contribution in [0.25, 0.3) is 10.8 Å². The van der Waals surface area contributed by atoms with E-state index in [1.807, 2.05) is 37.3 Å². The van der Waals surface area contributed by atoms with Crippen LogP contribution in [0.4, 0.5) is 0 Å². The molecule has 0 heterocycles. The van der Waals surface area contributed by atoms with Crippen LogP contribution < -0.4 is 14.9 Å². The van der Waals surface area contributed by atoms with E-state index in [0.29, 0.717) is 39.3 Å². The third kappa shape index (κ3) is 4.38. The molecule has 0 fully saturated rings. The smallest absolute Gasteiger partial charge is 0.275 e. The number of hydrazone groups is 1. The van der Waals surface area contributed by atoms with E-state index in [9.17, 15) is 4.79 Å². The molecule has 0 aromatic heterocycles. The second-order valence-corrected chi connectivity index (χ2v) is 6.66. The number of benzene rings is 3. The number of halogens is 2. The zero-order valence-corrected chi connectivity index (χ0v) is 16.8. The number of rotatable bonds is 6. The van der Waals surface area contributed by atoms with Crippen molar-refractivity contribution in [1.82, 2.24) is 5.43 Å². The summed E-state index contributed by atoms with van der Waals surface area (Å²) in [6, 6.07) is 14.6. The average molecular weight is 417 g/mol. The lowest BCUT2D eigenvalue weighted by atomic mass is 10.1. The Morgan fingerprint density at radius 1 is 1.11 bits per heavy atom. The highest BCUT2D eigenvalue weighted by atomic mass is 35.5. The van der Waals surface area contributed by atoms with Crippen LogP contribution in [-0.2, 0) is 0 Å². The average Bonchev–Trinajstić information content (AvgIpc) is 2.69. The van der Waals surface area contributed by atoms with E-state index in [0.717, 1.165) is 10.8 Å². The molecule has 0 saturated carbocycles. The summed E-state index contributed by atoms with van der Waals surface area (Å²) >= 11 is 12.3. The highest BCUT2D eigenvalue weighted by Crippen LogP contribution is 2.33. The number of ether oxygens (including phenoxy) is 2. The lowest BCUT2D eigenvalue weighted by molar-refractivity contribution is 0.0952. The molecule has 0 unspecified atom stereocenters. The van der Waals surface area contributed by atoms with E-state index < -0.39 is 0 Å². The molecule has 0 radical (unpaired) electrons. The number of amides is 1. The van der Waals surface area contributed by atoms with Gasteiger partial charge in [0.25, 0.3) is 5.91 Å². The Bertz CT molecular complexity index is 1030. The lowest BCUT2D eigenvalue weighted by Gasteiger charge is -2.09. The Morgan fingerprint density at radius 3 is 2.36 bits per heavy atom. The highest BCUT2D eigenvalue weighted by Gasteiger charge is 2.13. The van der Waals surface area contributed by atoms with E-state index in [1.54, 1.807) is 18.2 Å². The maximum Gasteiger partial charge on any atom is 0.275 e. The Morgan fingerprint density at radius 2 is 1.75 bits per heavy atom. The number of methoxy groups -OCH3 is 1. The van der Waals surface area contributed by atoms with Crippen molar-refractivity contribution in [1.29, 1.82) is 0 Å². The van der Waals surface area contributed by atoms with Gasteiger partial charge in [-0.1, -0.05) is 47.5 Å². The molecule has 0 aliphatic carbocycles. The van der Waals surface area contributed by atoms with Crippen molar-refractivity contribution in [3.05, 3.63) is 69.7 Å². The van der Waals surface area contributed by atoms with Crippen molar-refractivity contribution >= 4 is 46.1 Å². The fraction of sp³-hybridized carbons (Fsp3) is 0.143. The van der Waals surface area contributed by atoms with Crippen LogP contribution >= 0.6 is 23.2 Å². The van der Waals surface area contributed by atoms with Gasteiger partial charge in [0, 0.05) is 0 Å². The summed E-state index contributed by atoms with van der Waals surface area (Å²) in [6.07, 6.45) is 1.46. The molecule has 3 rings (SSSR count). The predicted molar refractivity (Wildman–Crippen MR) is 113 cm³/mol. The van der Waals surface area contributed by atoms with Crippen molar-refractivity contribution in [2.24, 2.45) is 5.10 Å². The normalized spacial score (nSPS) is 11.0. The molecule has 5 nitrogen and oxygen atoms in total. The number of carbonyl (C=O) groups excluding carboxylic acids is 1. The van der Waals surface area contributed by atoms with Gasteiger partial charge in [0.2, 0.25) is 0 Å². The monoisotopic (exact) mass is 416 g/mol. The molecule has 1 amide bonds. The number of hydrogen-bond donors (Lipinski definition) is 1. The number of nitrogens with zero attached hydrogens (tertiary/aromatic N) is 1. The summed E-state index contributed by atoms with van der Waals surface area (Å²) in [5.74, 6) is 0.508. The van der Waals surface area contributed by atoms with Gasteiger partial charge in [-0.3, -0.25) is 4.79 Å². The van der Waals surface area contributed by atoms with Gasteiger partial charge < -0.3 is 9.47 Å². The first-order valence-electron chi connectivity index (χ1n) is 8.55. The van der Waals surface area contributed by atoms with E-state index in [4.69, 9.17) is 32.7 Å². The van der Waals surface area contributed by atoms with Gasteiger partial charge in [-0.15, -0.1) is 0 Å². The molecule has 1 N–H and O–H groups in total. The minimum absolute atomic E-state index is 0.373.